The summed E-state index contributed by atoms with van der Waals surface area (Å²) in [6, 6.07) is 4.51. The predicted molar refractivity (Wildman–Crippen MR) is 130 cm³/mol. The van der Waals surface area contributed by atoms with Crippen LogP contribution in [-0.4, -0.2) is 31.3 Å². The molecular weight excluding hydrogens is 497 g/mol. The topological polar surface area (TPSA) is 118 Å². The molecule has 0 heterocycles. The Morgan fingerprint density at radius 3 is 2.12 bits per heavy atom. The van der Waals surface area contributed by atoms with Gasteiger partial charge in [0.2, 0.25) is 21.8 Å². The van der Waals surface area contributed by atoms with E-state index in [0.29, 0.717) is 31.1 Å². The lowest BCUT2D eigenvalue weighted by Gasteiger charge is -2.61. The normalized spacial score (nSPS) is 34.1. The van der Waals surface area contributed by atoms with Gasteiger partial charge in [0.25, 0.3) is 0 Å². The molecular formula is C24H31Cl2N3O4S. The van der Waals surface area contributed by atoms with Crippen LogP contribution in [0.3, 0.4) is 0 Å². The first-order chi connectivity index (χ1) is 16.0. The molecule has 0 aromatic heterocycles. The van der Waals surface area contributed by atoms with E-state index in [9.17, 15) is 18.0 Å². The molecule has 0 spiro atoms. The van der Waals surface area contributed by atoms with Crippen LogP contribution in [0.2, 0.25) is 10.0 Å². The monoisotopic (exact) mass is 527 g/mol. The Labute approximate surface area is 210 Å². The third kappa shape index (κ3) is 4.04. The van der Waals surface area contributed by atoms with E-state index in [4.69, 9.17) is 28.9 Å². The van der Waals surface area contributed by atoms with E-state index in [0.717, 1.165) is 51.4 Å². The Morgan fingerprint density at radius 1 is 0.971 bits per heavy atom. The van der Waals surface area contributed by atoms with E-state index in [2.05, 4.69) is 10.0 Å². The third-order valence-electron chi connectivity index (χ3n) is 8.62. The summed E-state index contributed by atoms with van der Waals surface area (Å²) < 4.78 is 29.6. The Balaban J connectivity index is 1.45. The quantitative estimate of drug-likeness (QED) is 0.519. The van der Waals surface area contributed by atoms with Crippen molar-refractivity contribution in [3.63, 3.8) is 0 Å². The number of halogens is 2. The molecule has 5 aliphatic rings. The van der Waals surface area contributed by atoms with Gasteiger partial charge in [-0.25, -0.2) is 8.42 Å². The van der Waals surface area contributed by atoms with Crippen molar-refractivity contribution < 1.29 is 18.0 Å². The third-order valence-corrected chi connectivity index (χ3v) is 11.1. The summed E-state index contributed by atoms with van der Waals surface area (Å²) in [6.45, 7) is 0. The fourth-order valence-electron chi connectivity index (χ4n) is 7.64. The minimum Gasteiger partial charge on any atom is -0.369 e. The molecule has 4 N–H and O–H groups in total. The van der Waals surface area contributed by atoms with Crippen molar-refractivity contribution >= 4 is 45.0 Å². The Bertz CT molecular complexity index is 1100. The highest BCUT2D eigenvalue weighted by atomic mass is 35.5. The van der Waals surface area contributed by atoms with Gasteiger partial charge in [-0.1, -0.05) is 48.5 Å². The van der Waals surface area contributed by atoms with Crippen molar-refractivity contribution in [3.05, 3.63) is 28.2 Å². The van der Waals surface area contributed by atoms with Crippen LogP contribution in [0, 0.1) is 17.3 Å². The maximum absolute atomic E-state index is 13.9. The Morgan fingerprint density at radius 2 is 1.56 bits per heavy atom. The van der Waals surface area contributed by atoms with Crippen LogP contribution in [-0.2, 0) is 19.6 Å². The second-order valence-corrected chi connectivity index (χ2v) is 13.6. The molecule has 4 bridgehead atoms. The summed E-state index contributed by atoms with van der Waals surface area (Å²) in [4.78, 5) is 26.2. The molecule has 0 saturated heterocycles. The molecule has 7 nitrogen and oxygen atoms in total. The van der Waals surface area contributed by atoms with Crippen LogP contribution in [0.5, 0.6) is 0 Å². The number of nitrogens with one attached hydrogen (secondary N) is 2. The van der Waals surface area contributed by atoms with Crippen LogP contribution in [0.15, 0.2) is 23.1 Å². The molecule has 0 radical (unpaired) electrons. The largest absolute Gasteiger partial charge is 0.369 e. The smallest absolute Gasteiger partial charge is 0.244 e. The maximum Gasteiger partial charge on any atom is 0.244 e. The number of nitrogens with two attached hydrogens (primary N) is 1. The number of carbonyl (C=O) groups excluding carboxylic acids is 2. The number of amides is 2. The molecule has 1 aromatic rings. The van der Waals surface area contributed by atoms with E-state index in [1.54, 1.807) is 6.07 Å². The van der Waals surface area contributed by atoms with Gasteiger partial charge in [-0.2, -0.15) is 4.72 Å². The molecule has 2 amide bonds. The zero-order chi connectivity index (χ0) is 24.4. The molecule has 34 heavy (non-hydrogen) atoms. The van der Waals surface area contributed by atoms with Gasteiger partial charge in [0, 0.05) is 5.54 Å². The number of benzene rings is 1. The number of sulfonamides is 1. The molecule has 6 rings (SSSR count). The summed E-state index contributed by atoms with van der Waals surface area (Å²) in [5, 5.41) is 3.30. The average Bonchev–Trinajstić information content (AvgIpc) is 2.72. The summed E-state index contributed by atoms with van der Waals surface area (Å²) in [6.07, 6.45) is 7.98. The zero-order valence-corrected chi connectivity index (χ0v) is 21.4. The fraction of sp³-hybridized carbons (Fsp3) is 0.667. The van der Waals surface area contributed by atoms with E-state index < -0.39 is 26.5 Å². The standard InChI is InChI=1S/C24H31Cl2N3O4S/c25-17-5-4-6-18(26)19(17)34(32,33)29-24(7-2-1-3-8-24)21(31)28-23-12-15-9-16(13-23)11-22(10-15,14-23)20(27)30/h4-6,15-16,29H,1-3,7-14H2,(H2,27,30)(H,28,31). The number of rotatable bonds is 6. The van der Waals surface area contributed by atoms with Crippen LogP contribution in [0.1, 0.15) is 70.6 Å². The number of hydrogen-bond acceptors (Lipinski definition) is 4. The van der Waals surface area contributed by atoms with Gasteiger partial charge >= 0.3 is 0 Å². The number of hydrogen-bond donors (Lipinski definition) is 3. The summed E-state index contributed by atoms with van der Waals surface area (Å²) in [5.74, 6) is 0.118. The van der Waals surface area contributed by atoms with Gasteiger partial charge in [-0.05, 0) is 75.3 Å². The van der Waals surface area contributed by atoms with Gasteiger partial charge in [-0.3, -0.25) is 9.59 Å². The highest BCUT2D eigenvalue weighted by molar-refractivity contribution is 7.89. The summed E-state index contributed by atoms with van der Waals surface area (Å²) >= 11 is 12.4. The van der Waals surface area contributed by atoms with Crippen LogP contribution >= 0.6 is 23.2 Å². The molecule has 2 unspecified atom stereocenters. The fourth-order valence-corrected chi connectivity index (χ4v) is 10.2. The predicted octanol–water partition coefficient (Wildman–Crippen LogP) is 3.92. The van der Waals surface area contributed by atoms with Crippen molar-refractivity contribution in [3.8, 4) is 0 Å². The van der Waals surface area contributed by atoms with E-state index in [-0.39, 0.29) is 26.8 Å². The lowest BCUT2D eigenvalue weighted by atomic mass is 9.46. The molecule has 5 aliphatic carbocycles. The first kappa shape index (κ1) is 24.3. The lowest BCUT2D eigenvalue weighted by Crippen LogP contribution is -2.69. The van der Waals surface area contributed by atoms with Crippen molar-refractivity contribution in [1.82, 2.24) is 10.0 Å². The van der Waals surface area contributed by atoms with Gasteiger partial charge < -0.3 is 11.1 Å². The highest BCUT2D eigenvalue weighted by Crippen LogP contribution is 2.61. The van der Waals surface area contributed by atoms with Gasteiger partial charge in [0.15, 0.2) is 0 Å². The van der Waals surface area contributed by atoms with Crippen LogP contribution < -0.4 is 15.8 Å². The molecule has 2 atom stereocenters. The second kappa shape index (κ2) is 8.36. The maximum atomic E-state index is 13.9. The second-order valence-electron chi connectivity index (χ2n) is 11.1. The van der Waals surface area contributed by atoms with E-state index >= 15 is 0 Å². The lowest BCUT2D eigenvalue weighted by molar-refractivity contribution is -0.152. The SMILES string of the molecule is NC(=O)C12CC3CC(CC(NC(=O)C4(NS(=O)(=O)c5c(Cl)cccc5Cl)CCCCC4)(C3)C1)C2. The molecule has 10 heteroatoms. The number of carbonyl (C=O) groups is 2. The Hall–Kier alpha value is -1.35. The van der Waals surface area contributed by atoms with Crippen LogP contribution in [0.25, 0.3) is 0 Å². The number of primary amides is 1. The minimum atomic E-state index is -4.17. The molecule has 5 fully saturated rings. The summed E-state index contributed by atoms with van der Waals surface area (Å²) in [5.41, 5.74) is 3.48. The molecule has 186 valence electrons. The van der Waals surface area contributed by atoms with Gasteiger partial charge in [-0.15, -0.1) is 0 Å². The van der Waals surface area contributed by atoms with Crippen molar-refractivity contribution in [2.75, 3.05) is 0 Å². The first-order valence-corrected chi connectivity index (χ1v) is 14.3. The first-order valence-electron chi connectivity index (χ1n) is 12.1. The van der Waals surface area contributed by atoms with Gasteiger partial charge in [0.1, 0.15) is 10.4 Å². The van der Waals surface area contributed by atoms with Crippen molar-refractivity contribution in [1.29, 1.82) is 0 Å². The van der Waals surface area contributed by atoms with E-state index in [1.165, 1.54) is 12.1 Å². The molecule has 5 saturated carbocycles. The van der Waals surface area contributed by atoms with Crippen LogP contribution in [0.4, 0.5) is 0 Å². The highest BCUT2D eigenvalue weighted by Gasteiger charge is 2.61. The minimum absolute atomic E-state index is 0.0100. The average molecular weight is 529 g/mol. The molecule has 1 aromatic carbocycles. The summed E-state index contributed by atoms with van der Waals surface area (Å²) in [7, 11) is -4.17. The molecule has 0 aliphatic heterocycles. The van der Waals surface area contributed by atoms with Crippen molar-refractivity contribution in [2.45, 2.75) is 86.6 Å². The Kier molecular flexibility index (Phi) is 5.98. The zero-order valence-electron chi connectivity index (χ0n) is 19.0. The van der Waals surface area contributed by atoms with Gasteiger partial charge in [0.05, 0.1) is 15.5 Å². The van der Waals surface area contributed by atoms with Crippen molar-refractivity contribution in [2.24, 2.45) is 23.0 Å². The van der Waals surface area contributed by atoms with E-state index in [1.807, 2.05) is 0 Å².